The van der Waals surface area contributed by atoms with Gasteiger partial charge in [-0.1, -0.05) is 18.2 Å². The maximum absolute atomic E-state index is 10.1. The predicted molar refractivity (Wildman–Crippen MR) is 78.7 cm³/mol. The monoisotopic (exact) mass is 271 g/mol. The van der Waals surface area contributed by atoms with E-state index >= 15 is 0 Å². The third-order valence-electron chi connectivity index (χ3n) is 3.82. The molecule has 1 N–H and O–H groups in total. The number of β-amino-alcohol motifs (C(OH)–C–C–N with tert-alkyl or cyclic N) is 1. The molecule has 0 aliphatic carbocycles. The molecule has 1 fully saturated rings. The highest BCUT2D eigenvalue weighted by Crippen LogP contribution is 2.21. The van der Waals surface area contributed by atoms with E-state index in [1.165, 1.54) is 5.56 Å². The normalized spacial score (nSPS) is 23.9. The van der Waals surface area contributed by atoms with E-state index in [9.17, 15) is 5.11 Å². The fourth-order valence-electron chi connectivity index (χ4n) is 2.88. The van der Waals surface area contributed by atoms with E-state index < -0.39 is 5.60 Å². The fraction of sp³-hybridized carbons (Fsp3) is 0.438. The second-order valence-corrected chi connectivity index (χ2v) is 5.94. The number of nitrogens with zero attached hydrogens (tertiary/aromatic N) is 3. The third kappa shape index (κ3) is 3.08. The molecule has 1 aromatic carbocycles. The van der Waals surface area contributed by atoms with Crippen LogP contribution in [0.5, 0.6) is 0 Å². The lowest BCUT2D eigenvalue weighted by molar-refractivity contribution is -0.0181. The molecule has 1 aromatic heterocycles. The minimum atomic E-state index is -0.548. The molecule has 4 heteroatoms. The van der Waals surface area contributed by atoms with Gasteiger partial charge in [0.1, 0.15) is 0 Å². The Hall–Kier alpha value is -1.65. The first-order valence-corrected chi connectivity index (χ1v) is 7.16. The van der Waals surface area contributed by atoms with Crippen LogP contribution in [-0.2, 0) is 6.54 Å². The van der Waals surface area contributed by atoms with Gasteiger partial charge < -0.3 is 5.11 Å². The predicted octanol–water partition coefficient (Wildman–Crippen LogP) is 2.22. The average molecular weight is 271 g/mol. The Balaban J connectivity index is 1.69. The van der Waals surface area contributed by atoms with Gasteiger partial charge in [-0.3, -0.25) is 4.90 Å². The molecule has 1 atom stereocenters. The first kappa shape index (κ1) is 13.3. The van der Waals surface area contributed by atoms with Gasteiger partial charge in [0.25, 0.3) is 0 Å². The van der Waals surface area contributed by atoms with Crippen molar-refractivity contribution in [3.63, 3.8) is 0 Å². The number of benzene rings is 1. The standard InChI is InChI=1S/C16H21N3O/c1-16(20)8-5-9-18(13-16)11-14-10-17-19(12-14)15-6-3-2-4-7-15/h2-4,6-7,10,12,20H,5,8-9,11,13H2,1H3. The highest BCUT2D eigenvalue weighted by Gasteiger charge is 2.28. The minimum absolute atomic E-state index is 0.548. The maximum Gasteiger partial charge on any atom is 0.0746 e. The van der Waals surface area contributed by atoms with E-state index in [1.807, 2.05) is 48.1 Å². The molecule has 0 saturated carbocycles. The molecule has 4 nitrogen and oxygen atoms in total. The van der Waals surface area contributed by atoms with Crippen molar-refractivity contribution in [2.75, 3.05) is 13.1 Å². The highest BCUT2D eigenvalue weighted by atomic mass is 16.3. The summed E-state index contributed by atoms with van der Waals surface area (Å²) in [6, 6.07) is 10.1. The molecule has 106 valence electrons. The van der Waals surface area contributed by atoms with Crippen molar-refractivity contribution >= 4 is 0 Å². The highest BCUT2D eigenvalue weighted by molar-refractivity contribution is 5.30. The Bertz CT molecular complexity index is 562. The summed E-state index contributed by atoms with van der Waals surface area (Å²) in [5, 5.41) is 14.6. The maximum atomic E-state index is 10.1. The third-order valence-corrected chi connectivity index (χ3v) is 3.82. The molecule has 1 aliphatic heterocycles. The van der Waals surface area contributed by atoms with Gasteiger partial charge in [0.15, 0.2) is 0 Å². The molecule has 0 bridgehead atoms. The average Bonchev–Trinajstić information content (AvgIpc) is 2.87. The summed E-state index contributed by atoms with van der Waals surface area (Å²) < 4.78 is 1.90. The summed E-state index contributed by atoms with van der Waals surface area (Å²) in [7, 11) is 0. The molecule has 2 aromatic rings. The van der Waals surface area contributed by atoms with E-state index in [2.05, 4.69) is 16.2 Å². The molecule has 20 heavy (non-hydrogen) atoms. The van der Waals surface area contributed by atoms with Crippen LogP contribution < -0.4 is 0 Å². The van der Waals surface area contributed by atoms with Crippen LogP contribution in [0.2, 0.25) is 0 Å². The summed E-state index contributed by atoms with van der Waals surface area (Å²) in [6.45, 7) is 4.56. The van der Waals surface area contributed by atoms with Crippen LogP contribution in [0.15, 0.2) is 42.7 Å². The zero-order valence-corrected chi connectivity index (χ0v) is 11.9. The van der Waals surface area contributed by atoms with Crippen molar-refractivity contribution < 1.29 is 5.11 Å². The smallest absolute Gasteiger partial charge is 0.0746 e. The van der Waals surface area contributed by atoms with Gasteiger partial charge >= 0.3 is 0 Å². The molecule has 3 rings (SSSR count). The van der Waals surface area contributed by atoms with Gasteiger partial charge in [-0.2, -0.15) is 5.10 Å². The first-order chi connectivity index (χ1) is 9.62. The lowest BCUT2D eigenvalue weighted by atomic mass is 9.95. The SMILES string of the molecule is CC1(O)CCCN(Cc2cnn(-c3ccccc3)c2)C1. The van der Waals surface area contributed by atoms with Crippen molar-refractivity contribution in [2.45, 2.75) is 31.9 Å². The Morgan fingerprint density at radius 3 is 2.85 bits per heavy atom. The summed E-state index contributed by atoms with van der Waals surface area (Å²) in [5.74, 6) is 0. The van der Waals surface area contributed by atoms with Crippen molar-refractivity contribution in [3.05, 3.63) is 48.3 Å². The van der Waals surface area contributed by atoms with E-state index in [1.54, 1.807) is 0 Å². The van der Waals surface area contributed by atoms with Gasteiger partial charge in [-0.05, 0) is 38.4 Å². The number of para-hydroxylation sites is 1. The molecular weight excluding hydrogens is 250 g/mol. The van der Waals surface area contributed by atoms with Crippen molar-refractivity contribution in [2.24, 2.45) is 0 Å². The lowest BCUT2D eigenvalue weighted by Crippen LogP contribution is -2.45. The molecule has 1 aliphatic rings. The zero-order valence-electron chi connectivity index (χ0n) is 11.9. The van der Waals surface area contributed by atoms with Gasteiger partial charge in [0.05, 0.1) is 17.5 Å². The number of likely N-dealkylation sites (tertiary alicyclic amines) is 1. The van der Waals surface area contributed by atoms with Crippen LogP contribution in [0.4, 0.5) is 0 Å². The van der Waals surface area contributed by atoms with Crippen molar-refractivity contribution in [1.82, 2.24) is 14.7 Å². The molecular formula is C16H21N3O. The second kappa shape index (κ2) is 5.38. The molecule has 1 saturated heterocycles. The van der Waals surface area contributed by atoms with Gasteiger partial charge in [-0.25, -0.2) is 4.68 Å². The molecule has 0 spiro atoms. The van der Waals surface area contributed by atoms with Gasteiger partial charge in [-0.15, -0.1) is 0 Å². The van der Waals surface area contributed by atoms with Crippen molar-refractivity contribution in [3.8, 4) is 5.69 Å². The van der Waals surface area contributed by atoms with Crippen molar-refractivity contribution in [1.29, 1.82) is 0 Å². The molecule has 0 amide bonds. The Labute approximate surface area is 119 Å². The topological polar surface area (TPSA) is 41.3 Å². The lowest BCUT2D eigenvalue weighted by Gasteiger charge is -2.36. The van der Waals surface area contributed by atoms with E-state index in [0.717, 1.165) is 38.2 Å². The van der Waals surface area contributed by atoms with E-state index in [0.29, 0.717) is 0 Å². The van der Waals surface area contributed by atoms with E-state index in [4.69, 9.17) is 0 Å². The largest absolute Gasteiger partial charge is 0.389 e. The summed E-state index contributed by atoms with van der Waals surface area (Å²) in [6.07, 6.45) is 5.93. The van der Waals surface area contributed by atoms with Gasteiger partial charge in [0, 0.05) is 24.8 Å². The van der Waals surface area contributed by atoms with Crippen LogP contribution in [0, 0.1) is 0 Å². The van der Waals surface area contributed by atoms with Gasteiger partial charge in [0.2, 0.25) is 0 Å². The van der Waals surface area contributed by atoms with E-state index in [-0.39, 0.29) is 0 Å². The van der Waals surface area contributed by atoms with Crippen LogP contribution in [0.3, 0.4) is 0 Å². The fourth-order valence-corrected chi connectivity index (χ4v) is 2.88. The summed E-state index contributed by atoms with van der Waals surface area (Å²) in [5.41, 5.74) is 1.71. The zero-order chi connectivity index (χ0) is 14.0. The van der Waals surface area contributed by atoms with Crippen LogP contribution in [0.1, 0.15) is 25.3 Å². The number of aliphatic hydroxyl groups is 1. The second-order valence-electron chi connectivity index (χ2n) is 5.94. The van der Waals surface area contributed by atoms with Crippen LogP contribution in [0.25, 0.3) is 5.69 Å². The minimum Gasteiger partial charge on any atom is -0.389 e. The molecule has 0 radical (unpaired) electrons. The quantitative estimate of drug-likeness (QED) is 0.930. The van der Waals surface area contributed by atoms with Crippen LogP contribution >= 0.6 is 0 Å². The first-order valence-electron chi connectivity index (χ1n) is 7.16. The molecule has 1 unspecified atom stereocenters. The van der Waals surface area contributed by atoms with Crippen LogP contribution in [-0.4, -0.2) is 38.5 Å². The number of hydrogen-bond donors (Lipinski definition) is 1. The Kier molecular flexibility index (Phi) is 3.59. The Morgan fingerprint density at radius 2 is 2.10 bits per heavy atom. The summed E-state index contributed by atoms with van der Waals surface area (Å²) >= 11 is 0. The number of piperidine rings is 1. The number of hydrogen-bond acceptors (Lipinski definition) is 3. The Morgan fingerprint density at radius 1 is 1.30 bits per heavy atom. The number of aromatic nitrogens is 2. The summed E-state index contributed by atoms with van der Waals surface area (Å²) in [4.78, 5) is 2.30. The molecule has 2 heterocycles. The number of rotatable bonds is 3.